The van der Waals surface area contributed by atoms with Gasteiger partial charge in [0.25, 0.3) is 5.92 Å². The van der Waals surface area contributed by atoms with Gasteiger partial charge in [0.05, 0.1) is 0 Å². The van der Waals surface area contributed by atoms with Crippen LogP contribution in [0.15, 0.2) is 21.5 Å². The SMILES string of the molecule is CCOCOC1c2c(SC(F)(F)F)ccc(Br)c2CC1(F)F. The Kier molecular flexibility index (Phi) is 5.41. The van der Waals surface area contributed by atoms with Crippen molar-refractivity contribution in [2.75, 3.05) is 13.4 Å². The van der Waals surface area contributed by atoms with Gasteiger partial charge in [-0.1, -0.05) is 15.9 Å². The first kappa shape index (κ1) is 18.0. The van der Waals surface area contributed by atoms with Crippen molar-refractivity contribution in [3.63, 3.8) is 0 Å². The molecule has 0 heterocycles. The molecule has 1 aromatic rings. The van der Waals surface area contributed by atoms with E-state index >= 15 is 0 Å². The van der Waals surface area contributed by atoms with Gasteiger partial charge in [0.15, 0.2) is 6.10 Å². The van der Waals surface area contributed by atoms with Crippen LogP contribution in [0.25, 0.3) is 0 Å². The molecule has 0 N–H and O–H groups in total. The molecule has 0 aliphatic heterocycles. The van der Waals surface area contributed by atoms with E-state index in [4.69, 9.17) is 9.47 Å². The average Bonchev–Trinajstić information content (AvgIpc) is 2.65. The van der Waals surface area contributed by atoms with E-state index in [1.54, 1.807) is 6.92 Å². The number of hydrogen-bond acceptors (Lipinski definition) is 3. The van der Waals surface area contributed by atoms with Crippen LogP contribution in [-0.4, -0.2) is 24.8 Å². The zero-order chi connectivity index (χ0) is 16.5. The van der Waals surface area contributed by atoms with Gasteiger partial charge in [0.2, 0.25) is 0 Å². The summed E-state index contributed by atoms with van der Waals surface area (Å²) in [7, 11) is 0. The lowest BCUT2D eigenvalue weighted by Crippen LogP contribution is -2.25. The molecular weight excluding hydrogens is 395 g/mol. The highest BCUT2D eigenvalue weighted by atomic mass is 79.9. The first-order valence-corrected chi connectivity index (χ1v) is 7.91. The van der Waals surface area contributed by atoms with Crippen LogP contribution in [-0.2, 0) is 15.9 Å². The van der Waals surface area contributed by atoms with Crippen LogP contribution in [0, 0.1) is 0 Å². The molecule has 1 unspecified atom stereocenters. The Hall–Kier alpha value is -0.380. The Balaban J connectivity index is 2.41. The largest absolute Gasteiger partial charge is 0.446 e. The van der Waals surface area contributed by atoms with Crippen molar-refractivity contribution in [2.24, 2.45) is 0 Å². The Morgan fingerprint density at radius 1 is 1.36 bits per heavy atom. The smallest absolute Gasteiger partial charge is 0.356 e. The fourth-order valence-electron chi connectivity index (χ4n) is 2.24. The van der Waals surface area contributed by atoms with E-state index in [0.29, 0.717) is 4.47 Å². The number of thioether (sulfide) groups is 1. The Morgan fingerprint density at radius 2 is 2.05 bits per heavy atom. The molecule has 0 aromatic heterocycles. The lowest BCUT2D eigenvalue weighted by Gasteiger charge is -2.22. The lowest BCUT2D eigenvalue weighted by molar-refractivity contribution is -0.175. The molecule has 1 aliphatic carbocycles. The molecule has 0 fully saturated rings. The summed E-state index contributed by atoms with van der Waals surface area (Å²) in [6, 6.07) is 2.51. The van der Waals surface area contributed by atoms with Crippen molar-refractivity contribution in [3.05, 3.63) is 27.7 Å². The van der Waals surface area contributed by atoms with Gasteiger partial charge in [-0.2, -0.15) is 13.2 Å². The summed E-state index contributed by atoms with van der Waals surface area (Å²) in [5, 5.41) is 0. The van der Waals surface area contributed by atoms with Gasteiger partial charge in [-0.25, -0.2) is 8.78 Å². The standard InChI is InChI=1S/C13H12BrF5O2S/c1-2-20-6-21-11-10-7(5-12(11,15)16)8(14)3-4-9(10)22-13(17,18)19/h3-4,11H,2,5-6H2,1H3. The summed E-state index contributed by atoms with van der Waals surface area (Å²) in [5.74, 6) is -3.29. The van der Waals surface area contributed by atoms with E-state index in [9.17, 15) is 22.0 Å². The van der Waals surface area contributed by atoms with Crippen molar-refractivity contribution >= 4 is 27.7 Å². The molecule has 2 rings (SSSR count). The van der Waals surface area contributed by atoms with Crippen LogP contribution in [0.1, 0.15) is 24.2 Å². The Morgan fingerprint density at radius 3 is 2.64 bits per heavy atom. The van der Waals surface area contributed by atoms with Crippen LogP contribution in [0.3, 0.4) is 0 Å². The second-order valence-corrected chi connectivity index (χ2v) is 6.54. The van der Waals surface area contributed by atoms with Gasteiger partial charge in [-0.15, -0.1) is 0 Å². The highest BCUT2D eigenvalue weighted by molar-refractivity contribution is 9.10. The van der Waals surface area contributed by atoms with Crippen molar-refractivity contribution in [1.29, 1.82) is 0 Å². The predicted molar refractivity (Wildman–Crippen MR) is 75.0 cm³/mol. The van der Waals surface area contributed by atoms with Gasteiger partial charge in [-0.05, 0) is 36.4 Å². The first-order chi connectivity index (χ1) is 10.2. The molecule has 0 radical (unpaired) electrons. The second kappa shape index (κ2) is 6.62. The third-order valence-electron chi connectivity index (χ3n) is 3.07. The quantitative estimate of drug-likeness (QED) is 0.286. The summed E-state index contributed by atoms with van der Waals surface area (Å²) in [6.45, 7) is 1.51. The normalized spacial score (nSPS) is 20.2. The third-order valence-corrected chi connectivity index (χ3v) is 4.62. The number of rotatable bonds is 5. The molecule has 22 heavy (non-hydrogen) atoms. The molecule has 1 aromatic carbocycles. The van der Waals surface area contributed by atoms with Crippen LogP contribution < -0.4 is 0 Å². The second-order valence-electron chi connectivity index (χ2n) is 4.58. The van der Waals surface area contributed by atoms with E-state index in [-0.39, 0.29) is 22.6 Å². The fourth-order valence-corrected chi connectivity index (χ4v) is 3.45. The monoisotopic (exact) mass is 406 g/mol. The van der Waals surface area contributed by atoms with Crippen LogP contribution in [0.4, 0.5) is 22.0 Å². The van der Waals surface area contributed by atoms with E-state index < -0.39 is 42.5 Å². The minimum Gasteiger partial charge on any atom is -0.356 e. The minimum absolute atomic E-state index is 0.124. The van der Waals surface area contributed by atoms with Crippen molar-refractivity contribution in [3.8, 4) is 0 Å². The predicted octanol–water partition coefficient (Wildman–Crippen LogP) is 5.30. The number of fused-ring (bicyclic) bond motifs is 1. The number of alkyl halides is 5. The van der Waals surface area contributed by atoms with Crippen LogP contribution in [0.5, 0.6) is 0 Å². The van der Waals surface area contributed by atoms with E-state index in [1.165, 1.54) is 12.1 Å². The summed E-state index contributed by atoms with van der Waals surface area (Å²) in [4.78, 5) is -0.274. The van der Waals surface area contributed by atoms with Gasteiger partial charge < -0.3 is 9.47 Å². The molecule has 0 saturated carbocycles. The van der Waals surface area contributed by atoms with Crippen LogP contribution >= 0.6 is 27.7 Å². The maximum atomic E-state index is 14.1. The third kappa shape index (κ3) is 3.93. The molecule has 0 amide bonds. The fraction of sp³-hybridized carbons (Fsp3) is 0.538. The number of hydrogen-bond donors (Lipinski definition) is 0. The van der Waals surface area contributed by atoms with Gasteiger partial charge in [-0.3, -0.25) is 0 Å². The molecule has 0 spiro atoms. The van der Waals surface area contributed by atoms with E-state index in [1.807, 2.05) is 0 Å². The Labute approximate surface area is 136 Å². The maximum Gasteiger partial charge on any atom is 0.446 e. The van der Waals surface area contributed by atoms with Crippen molar-refractivity contribution in [2.45, 2.75) is 35.8 Å². The van der Waals surface area contributed by atoms with Crippen molar-refractivity contribution in [1.82, 2.24) is 0 Å². The zero-order valence-corrected chi connectivity index (χ0v) is 13.7. The molecule has 124 valence electrons. The molecule has 0 bridgehead atoms. The van der Waals surface area contributed by atoms with Gasteiger partial charge >= 0.3 is 5.51 Å². The summed E-state index contributed by atoms with van der Waals surface area (Å²) in [6.07, 6.45) is -2.43. The summed E-state index contributed by atoms with van der Waals surface area (Å²) >= 11 is 2.69. The van der Waals surface area contributed by atoms with E-state index in [2.05, 4.69) is 15.9 Å². The van der Waals surface area contributed by atoms with Gasteiger partial charge in [0.1, 0.15) is 6.79 Å². The number of ether oxygens (including phenoxy) is 2. The molecular formula is C13H12BrF5O2S. The lowest BCUT2D eigenvalue weighted by atomic mass is 10.1. The zero-order valence-electron chi connectivity index (χ0n) is 11.3. The van der Waals surface area contributed by atoms with Crippen LogP contribution in [0.2, 0.25) is 0 Å². The molecule has 0 saturated heterocycles. The maximum absolute atomic E-state index is 14.1. The average molecular weight is 407 g/mol. The topological polar surface area (TPSA) is 18.5 Å². The first-order valence-electron chi connectivity index (χ1n) is 6.30. The molecule has 1 atom stereocenters. The highest BCUT2D eigenvalue weighted by Gasteiger charge is 2.51. The van der Waals surface area contributed by atoms with E-state index in [0.717, 1.165) is 0 Å². The summed E-state index contributed by atoms with van der Waals surface area (Å²) in [5.41, 5.74) is -4.55. The molecule has 9 heteroatoms. The number of halogens is 6. The highest BCUT2D eigenvalue weighted by Crippen LogP contribution is 2.53. The summed E-state index contributed by atoms with van der Waals surface area (Å²) < 4.78 is 76.4. The van der Waals surface area contributed by atoms with Gasteiger partial charge in [0, 0.05) is 28.0 Å². The minimum atomic E-state index is -4.57. The molecule has 1 aliphatic rings. The molecule has 2 nitrogen and oxygen atoms in total. The number of benzene rings is 1. The Bertz CT molecular complexity index is 550. The van der Waals surface area contributed by atoms with Crippen molar-refractivity contribution < 1.29 is 31.4 Å².